The molecule has 21 heavy (non-hydrogen) atoms. The van der Waals surface area contributed by atoms with Crippen molar-refractivity contribution in [3.8, 4) is 22.6 Å². The smallest absolute Gasteiger partial charge is 0.241 e. The van der Waals surface area contributed by atoms with Gasteiger partial charge in [-0.15, -0.1) is 0 Å². The van der Waals surface area contributed by atoms with E-state index in [0.29, 0.717) is 0 Å². The first-order valence-electron chi connectivity index (χ1n) is 6.44. The summed E-state index contributed by atoms with van der Waals surface area (Å²) in [5, 5.41) is 0. The summed E-state index contributed by atoms with van der Waals surface area (Å²) in [6.07, 6.45) is 3.01. The van der Waals surface area contributed by atoms with Crippen molar-refractivity contribution in [1.82, 2.24) is 0 Å². The van der Waals surface area contributed by atoms with Crippen LogP contribution in [0, 0.1) is 0 Å². The Labute approximate surface area is 123 Å². The van der Waals surface area contributed by atoms with Crippen LogP contribution in [0.15, 0.2) is 48.5 Å². The number of carbonyl (C=O) groups excluding carboxylic acids is 1. The molecule has 0 aliphatic rings. The van der Waals surface area contributed by atoms with Gasteiger partial charge in [-0.1, -0.05) is 24.3 Å². The minimum atomic E-state index is -0.462. The summed E-state index contributed by atoms with van der Waals surface area (Å²) in [7, 11) is 3.25. The number of hydrogen-bond donors (Lipinski definition) is 1. The van der Waals surface area contributed by atoms with E-state index >= 15 is 0 Å². The molecule has 2 N–H and O–H groups in total. The molecule has 0 aromatic heterocycles. The Balaban J connectivity index is 2.32. The lowest BCUT2D eigenvalue weighted by Gasteiger charge is -2.10. The van der Waals surface area contributed by atoms with Crippen molar-refractivity contribution >= 4 is 12.0 Å². The van der Waals surface area contributed by atoms with E-state index in [0.717, 1.165) is 28.2 Å². The second-order valence-corrected chi connectivity index (χ2v) is 4.42. The molecule has 0 atom stereocenters. The van der Waals surface area contributed by atoms with Crippen LogP contribution in [0.1, 0.15) is 5.56 Å². The molecule has 0 aliphatic heterocycles. The topological polar surface area (TPSA) is 61.5 Å². The molecule has 0 heterocycles. The lowest BCUT2D eigenvalue weighted by molar-refractivity contribution is -0.113. The maximum Gasteiger partial charge on any atom is 0.241 e. The molecule has 2 rings (SSSR count). The van der Waals surface area contributed by atoms with E-state index in [2.05, 4.69) is 0 Å². The molecule has 2 aromatic carbocycles. The summed E-state index contributed by atoms with van der Waals surface area (Å²) in [4.78, 5) is 10.7. The normalized spacial score (nSPS) is 10.6. The zero-order valence-electron chi connectivity index (χ0n) is 12.0. The molecule has 0 saturated heterocycles. The Morgan fingerprint density at radius 3 is 2.33 bits per heavy atom. The molecule has 0 spiro atoms. The van der Waals surface area contributed by atoms with E-state index in [1.54, 1.807) is 20.3 Å². The fourth-order valence-corrected chi connectivity index (χ4v) is 1.99. The van der Waals surface area contributed by atoms with Crippen molar-refractivity contribution in [2.45, 2.75) is 0 Å². The molecule has 0 radical (unpaired) electrons. The number of hydrogen-bond acceptors (Lipinski definition) is 3. The Morgan fingerprint density at radius 1 is 1.05 bits per heavy atom. The first-order chi connectivity index (χ1) is 10.1. The first kappa shape index (κ1) is 14.7. The van der Waals surface area contributed by atoms with Gasteiger partial charge in [0.1, 0.15) is 11.5 Å². The van der Waals surface area contributed by atoms with E-state index in [1.807, 2.05) is 42.5 Å². The number of rotatable bonds is 5. The number of amides is 1. The van der Waals surface area contributed by atoms with Crippen molar-refractivity contribution in [3.63, 3.8) is 0 Å². The number of nitrogens with two attached hydrogens (primary N) is 1. The zero-order valence-corrected chi connectivity index (χ0v) is 12.0. The van der Waals surface area contributed by atoms with E-state index in [4.69, 9.17) is 15.2 Å². The molecule has 1 amide bonds. The lowest BCUT2D eigenvalue weighted by atomic mass is 10.0. The number of carbonyl (C=O) groups is 1. The van der Waals surface area contributed by atoms with Gasteiger partial charge < -0.3 is 15.2 Å². The van der Waals surface area contributed by atoms with Crippen molar-refractivity contribution in [1.29, 1.82) is 0 Å². The number of methoxy groups -OCH3 is 2. The molecule has 0 unspecified atom stereocenters. The zero-order chi connectivity index (χ0) is 15.2. The van der Waals surface area contributed by atoms with Crippen LogP contribution in [0.4, 0.5) is 0 Å². The highest BCUT2D eigenvalue weighted by molar-refractivity contribution is 5.90. The van der Waals surface area contributed by atoms with Gasteiger partial charge in [0, 0.05) is 17.7 Å². The van der Waals surface area contributed by atoms with E-state index < -0.39 is 5.91 Å². The highest BCUT2D eigenvalue weighted by Gasteiger charge is 2.07. The minimum Gasteiger partial charge on any atom is -0.497 e. The van der Waals surface area contributed by atoms with E-state index in [9.17, 15) is 4.79 Å². The molecule has 4 heteroatoms. The lowest BCUT2D eigenvalue weighted by Crippen LogP contribution is -2.04. The quantitative estimate of drug-likeness (QED) is 0.858. The maximum absolute atomic E-state index is 10.7. The Morgan fingerprint density at radius 2 is 1.76 bits per heavy atom. The Hall–Kier alpha value is -2.75. The van der Waals surface area contributed by atoms with Crippen LogP contribution < -0.4 is 15.2 Å². The fraction of sp³-hybridized carbons (Fsp3) is 0.118. The standard InChI is InChI=1S/C17H17NO3/c1-20-14-8-9-15(16(11-14)21-2)13-6-3-12(4-7-13)5-10-17(18)19/h3-11H,1-2H3,(H2,18,19)/b10-5-. The van der Waals surface area contributed by atoms with E-state index in [-0.39, 0.29) is 0 Å². The van der Waals surface area contributed by atoms with Gasteiger partial charge in [-0.05, 0) is 29.3 Å². The van der Waals surface area contributed by atoms with Crippen LogP contribution in [0.5, 0.6) is 11.5 Å². The summed E-state index contributed by atoms with van der Waals surface area (Å²) < 4.78 is 10.6. The summed E-state index contributed by atoms with van der Waals surface area (Å²) in [6.45, 7) is 0. The Bertz CT molecular complexity index is 660. The van der Waals surface area contributed by atoms with Gasteiger partial charge >= 0.3 is 0 Å². The highest BCUT2D eigenvalue weighted by Crippen LogP contribution is 2.33. The van der Waals surface area contributed by atoms with Gasteiger partial charge in [-0.25, -0.2) is 0 Å². The molecule has 2 aromatic rings. The van der Waals surface area contributed by atoms with Gasteiger partial charge in [-0.2, -0.15) is 0 Å². The number of ether oxygens (including phenoxy) is 2. The first-order valence-corrected chi connectivity index (χ1v) is 6.44. The minimum absolute atomic E-state index is 0.462. The van der Waals surface area contributed by atoms with Gasteiger partial charge in [0.05, 0.1) is 14.2 Å². The fourth-order valence-electron chi connectivity index (χ4n) is 1.99. The van der Waals surface area contributed by atoms with Crippen LogP contribution in [0.25, 0.3) is 17.2 Å². The van der Waals surface area contributed by atoms with Crippen LogP contribution in [-0.2, 0) is 4.79 Å². The highest BCUT2D eigenvalue weighted by atomic mass is 16.5. The largest absolute Gasteiger partial charge is 0.497 e. The number of primary amides is 1. The molecular formula is C17H17NO3. The van der Waals surface area contributed by atoms with Gasteiger partial charge in [-0.3, -0.25) is 4.79 Å². The Kier molecular flexibility index (Phi) is 4.61. The average Bonchev–Trinajstić information content (AvgIpc) is 2.52. The van der Waals surface area contributed by atoms with E-state index in [1.165, 1.54) is 6.08 Å². The molecule has 4 nitrogen and oxygen atoms in total. The third-order valence-electron chi connectivity index (χ3n) is 3.07. The summed E-state index contributed by atoms with van der Waals surface area (Å²) >= 11 is 0. The molecular weight excluding hydrogens is 266 g/mol. The average molecular weight is 283 g/mol. The van der Waals surface area contributed by atoms with Crippen LogP contribution in [-0.4, -0.2) is 20.1 Å². The van der Waals surface area contributed by atoms with Crippen molar-refractivity contribution in [2.24, 2.45) is 5.73 Å². The molecule has 0 bridgehead atoms. The van der Waals surface area contributed by atoms with Gasteiger partial charge in [0.25, 0.3) is 0 Å². The molecule has 0 aliphatic carbocycles. The second kappa shape index (κ2) is 6.61. The molecule has 0 fully saturated rings. The SMILES string of the molecule is COc1ccc(-c2ccc(/C=C\C(N)=O)cc2)c(OC)c1. The van der Waals surface area contributed by atoms with Crippen molar-refractivity contribution in [3.05, 3.63) is 54.1 Å². The summed E-state index contributed by atoms with van der Waals surface area (Å²) in [6, 6.07) is 13.4. The maximum atomic E-state index is 10.7. The predicted molar refractivity (Wildman–Crippen MR) is 83.2 cm³/mol. The van der Waals surface area contributed by atoms with Gasteiger partial charge in [0.15, 0.2) is 0 Å². The molecule has 108 valence electrons. The molecule has 0 saturated carbocycles. The summed E-state index contributed by atoms with van der Waals surface area (Å²) in [5.41, 5.74) is 7.97. The third-order valence-corrected chi connectivity index (χ3v) is 3.07. The van der Waals surface area contributed by atoms with Crippen molar-refractivity contribution < 1.29 is 14.3 Å². The number of benzene rings is 2. The van der Waals surface area contributed by atoms with Crippen molar-refractivity contribution in [2.75, 3.05) is 14.2 Å². The second-order valence-electron chi connectivity index (χ2n) is 4.42. The van der Waals surface area contributed by atoms with Crippen LogP contribution in [0.2, 0.25) is 0 Å². The summed E-state index contributed by atoms with van der Waals surface area (Å²) in [5.74, 6) is 1.03. The van der Waals surface area contributed by atoms with Crippen LogP contribution >= 0.6 is 0 Å². The predicted octanol–water partition coefficient (Wildman–Crippen LogP) is 2.87. The van der Waals surface area contributed by atoms with Crippen LogP contribution in [0.3, 0.4) is 0 Å². The monoisotopic (exact) mass is 283 g/mol. The van der Waals surface area contributed by atoms with Gasteiger partial charge in [0.2, 0.25) is 5.91 Å². The third kappa shape index (κ3) is 3.63.